The van der Waals surface area contributed by atoms with Crippen molar-refractivity contribution in [1.29, 1.82) is 0 Å². The van der Waals surface area contributed by atoms with Crippen LogP contribution in [0.4, 0.5) is 0 Å². The molecule has 4 atom stereocenters. The smallest absolute Gasteiger partial charge is 0.387 e. The number of rotatable bonds is 7. The van der Waals surface area contributed by atoms with Crippen molar-refractivity contribution >= 4 is 42.3 Å². The van der Waals surface area contributed by atoms with E-state index in [1.165, 1.54) is 22.7 Å². The van der Waals surface area contributed by atoms with Crippen LogP contribution in [0.2, 0.25) is 5.02 Å². The molecule has 1 aromatic carbocycles. The fourth-order valence-electron chi connectivity index (χ4n) is 3.19. The first kappa shape index (κ1) is 23.4. The normalized spacial score (nSPS) is 23.8. The molecular formula is C17H18ClN4O8PS. The first-order valence-corrected chi connectivity index (χ1v) is 12.1. The lowest BCUT2D eigenvalue weighted by atomic mass is 10.1. The molecule has 32 heavy (non-hydrogen) atoms. The van der Waals surface area contributed by atoms with Crippen LogP contribution in [0.1, 0.15) is 11.8 Å². The molecule has 1 aliphatic rings. The van der Waals surface area contributed by atoms with E-state index in [9.17, 15) is 19.6 Å². The Balaban J connectivity index is 1.59. The van der Waals surface area contributed by atoms with E-state index in [-0.39, 0.29) is 16.3 Å². The van der Waals surface area contributed by atoms with Gasteiger partial charge in [0.2, 0.25) is 0 Å². The lowest BCUT2D eigenvalue weighted by molar-refractivity contribution is -0.0504. The number of nitrogens with zero attached hydrogens (tertiary/aromatic N) is 3. The van der Waals surface area contributed by atoms with Gasteiger partial charge < -0.3 is 24.7 Å². The summed E-state index contributed by atoms with van der Waals surface area (Å²) in [6, 6.07) is 7.25. The molecule has 1 aliphatic heterocycles. The summed E-state index contributed by atoms with van der Waals surface area (Å²) >= 11 is 7.39. The quantitative estimate of drug-likeness (QED) is 0.174. The summed E-state index contributed by atoms with van der Waals surface area (Å²) in [7, 11) is -4.80. The summed E-state index contributed by atoms with van der Waals surface area (Å²) in [6.07, 6.45) is -4.20. The molecule has 0 amide bonds. The molecule has 1 unspecified atom stereocenters. The van der Waals surface area contributed by atoms with Gasteiger partial charge >= 0.3 is 7.82 Å². The molecular weight excluding hydrogens is 487 g/mol. The van der Waals surface area contributed by atoms with Gasteiger partial charge in [0.1, 0.15) is 18.3 Å². The molecule has 15 heteroatoms. The summed E-state index contributed by atoms with van der Waals surface area (Å²) in [5.74, 6) is 0.436. The maximum absolute atomic E-state index is 12.5. The minimum Gasteiger partial charge on any atom is -0.387 e. The van der Waals surface area contributed by atoms with Crippen LogP contribution in [0.15, 0.2) is 40.5 Å². The lowest BCUT2D eigenvalue weighted by Crippen LogP contribution is -2.33. The Morgan fingerprint density at radius 2 is 2.03 bits per heavy atom. The molecule has 1 saturated heterocycles. The number of benzene rings is 1. The summed E-state index contributed by atoms with van der Waals surface area (Å²) < 4.78 is 22.1. The standard InChI is InChI=1S/C17H18ClN4O8PS/c18-9-4-2-1-3-8(9)6-32-17-20-14-11(15(25)21-17)19-7-22(14)16-13(24)12(23)10(30-16)5-29-31(26,27)28/h1-4,7,10,12-13,16,23-24H,5-6H2,(H,20,21,25)(H2,26,27,28)/t10-,12-,13-,16?/m0/s1. The maximum atomic E-state index is 12.5. The number of H-pyrrole nitrogens is 1. The topological polar surface area (TPSA) is 180 Å². The molecule has 2 aromatic heterocycles. The molecule has 3 aromatic rings. The maximum Gasteiger partial charge on any atom is 0.469 e. The Hall–Kier alpha value is -1.80. The van der Waals surface area contributed by atoms with Gasteiger partial charge in [0.15, 0.2) is 22.5 Å². The third kappa shape index (κ3) is 4.91. The summed E-state index contributed by atoms with van der Waals surface area (Å²) in [5.41, 5.74) is 0.432. The number of nitrogens with one attached hydrogen (secondary N) is 1. The number of aliphatic hydroxyl groups is 2. The first-order chi connectivity index (χ1) is 15.1. The third-order valence-corrected chi connectivity index (χ3v) is 6.53. The van der Waals surface area contributed by atoms with Gasteiger partial charge in [-0.3, -0.25) is 18.9 Å². The largest absolute Gasteiger partial charge is 0.469 e. The monoisotopic (exact) mass is 504 g/mol. The molecule has 12 nitrogen and oxygen atoms in total. The number of phosphoric ester groups is 1. The SMILES string of the molecule is O=c1[nH]c(SCc2ccccc2Cl)nc2c1ncn2C1O[C@@H](COP(=O)(O)O)[C@H](O)[C@@H]1O. The van der Waals surface area contributed by atoms with Crippen LogP contribution in [0, 0.1) is 0 Å². The second-order valence-corrected chi connectivity index (χ2v) is 9.52. The first-order valence-electron chi connectivity index (χ1n) is 9.19. The number of hydrogen-bond acceptors (Lipinski definition) is 9. The highest BCUT2D eigenvalue weighted by atomic mass is 35.5. The van der Waals surface area contributed by atoms with E-state index < -0.39 is 44.5 Å². The lowest BCUT2D eigenvalue weighted by Gasteiger charge is -2.16. The van der Waals surface area contributed by atoms with E-state index in [1.54, 1.807) is 12.1 Å². The zero-order valence-electron chi connectivity index (χ0n) is 16.1. The predicted molar refractivity (Wildman–Crippen MR) is 113 cm³/mol. The van der Waals surface area contributed by atoms with Gasteiger partial charge in [-0.25, -0.2) is 14.5 Å². The second-order valence-electron chi connectivity index (χ2n) is 6.91. The number of halogens is 1. The molecule has 0 aliphatic carbocycles. The number of thioether (sulfide) groups is 1. The number of phosphoric acid groups is 1. The summed E-state index contributed by atoms with van der Waals surface area (Å²) in [4.78, 5) is 41.2. The van der Waals surface area contributed by atoms with Crippen LogP contribution in [0.5, 0.6) is 0 Å². The number of fused-ring (bicyclic) bond motifs is 1. The number of aliphatic hydroxyl groups excluding tert-OH is 2. The van der Waals surface area contributed by atoms with Crippen molar-refractivity contribution < 1.29 is 33.8 Å². The van der Waals surface area contributed by atoms with Crippen molar-refractivity contribution in [2.24, 2.45) is 0 Å². The zero-order valence-corrected chi connectivity index (χ0v) is 18.6. The highest BCUT2D eigenvalue weighted by molar-refractivity contribution is 7.98. The van der Waals surface area contributed by atoms with Crippen molar-refractivity contribution in [2.45, 2.75) is 35.4 Å². The number of ether oxygens (including phenoxy) is 1. The Morgan fingerprint density at radius 1 is 1.28 bits per heavy atom. The van der Waals surface area contributed by atoms with Crippen LogP contribution < -0.4 is 5.56 Å². The number of hydrogen-bond donors (Lipinski definition) is 5. The van der Waals surface area contributed by atoms with Crippen molar-refractivity contribution in [3.05, 3.63) is 51.5 Å². The molecule has 5 N–H and O–H groups in total. The van der Waals surface area contributed by atoms with Crippen LogP contribution in [-0.2, 0) is 19.6 Å². The van der Waals surface area contributed by atoms with Gasteiger partial charge in [0.25, 0.3) is 5.56 Å². The van der Waals surface area contributed by atoms with E-state index in [1.807, 2.05) is 12.1 Å². The molecule has 4 rings (SSSR count). The van der Waals surface area contributed by atoms with Crippen LogP contribution >= 0.6 is 31.2 Å². The van der Waals surface area contributed by atoms with Crippen LogP contribution in [-0.4, -0.2) is 64.4 Å². The van der Waals surface area contributed by atoms with E-state index in [0.29, 0.717) is 10.8 Å². The highest BCUT2D eigenvalue weighted by Crippen LogP contribution is 2.38. The number of imidazole rings is 1. The van der Waals surface area contributed by atoms with Crippen molar-refractivity contribution in [1.82, 2.24) is 19.5 Å². The minimum atomic E-state index is -4.80. The van der Waals surface area contributed by atoms with Crippen LogP contribution in [0.25, 0.3) is 11.2 Å². The van der Waals surface area contributed by atoms with Gasteiger partial charge in [0, 0.05) is 10.8 Å². The molecule has 3 heterocycles. The Kier molecular flexibility index (Phi) is 6.73. The van der Waals surface area contributed by atoms with Gasteiger partial charge in [-0.1, -0.05) is 41.6 Å². The molecule has 0 radical (unpaired) electrons. The van der Waals surface area contributed by atoms with E-state index in [4.69, 9.17) is 26.1 Å². The Morgan fingerprint density at radius 3 is 2.75 bits per heavy atom. The molecule has 172 valence electrons. The van der Waals surface area contributed by atoms with Gasteiger partial charge in [0.05, 0.1) is 12.9 Å². The molecule has 0 spiro atoms. The summed E-state index contributed by atoms with van der Waals surface area (Å²) in [5, 5.41) is 21.5. The van der Waals surface area contributed by atoms with Gasteiger partial charge in [-0.15, -0.1) is 0 Å². The van der Waals surface area contributed by atoms with Gasteiger partial charge in [-0.05, 0) is 11.6 Å². The zero-order chi connectivity index (χ0) is 23.0. The van der Waals surface area contributed by atoms with Crippen molar-refractivity contribution in [2.75, 3.05) is 6.61 Å². The van der Waals surface area contributed by atoms with Crippen molar-refractivity contribution in [3.8, 4) is 0 Å². The highest BCUT2D eigenvalue weighted by Gasteiger charge is 2.45. The fraction of sp³-hybridized carbons (Fsp3) is 0.353. The third-order valence-electron chi connectivity index (χ3n) is 4.75. The molecule has 1 fully saturated rings. The summed E-state index contributed by atoms with van der Waals surface area (Å²) in [6.45, 7) is -0.654. The number of aromatic amines is 1. The average molecular weight is 505 g/mol. The molecule has 0 saturated carbocycles. The fourth-order valence-corrected chi connectivity index (χ4v) is 4.67. The Bertz CT molecular complexity index is 1230. The van der Waals surface area contributed by atoms with Crippen LogP contribution in [0.3, 0.4) is 0 Å². The predicted octanol–water partition coefficient (Wildman–Crippen LogP) is 0.794. The second kappa shape index (κ2) is 9.21. The number of aromatic nitrogens is 4. The van der Waals surface area contributed by atoms with E-state index in [2.05, 4.69) is 19.5 Å². The molecule has 0 bridgehead atoms. The van der Waals surface area contributed by atoms with Crippen molar-refractivity contribution in [3.63, 3.8) is 0 Å². The van der Waals surface area contributed by atoms with E-state index in [0.717, 1.165) is 5.56 Å². The van der Waals surface area contributed by atoms with Gasteiger partial charge in [-0.2, -0.15) is 0 Å². The average Bonchev–Trinajstić information content (AvgIpc) is 3.27. The van der Waals surface area contributed by atoms with E-state index >= 15 is 0 Å². The Labute approximate surface area is 189 Å². The minimum absolute atomic E-state index is 0.00713.